The normalized spacial score (nSPS) is 15.4. The second-order valence-electron chi connectivity index (χ2n) is 7.44. The van der Waals surface area contributed by atoms with E-state index in [4.69, 9.17) is 4.74 Å². The zero-order valence-electron chi connectivity index (χ0n) is 16.7. The average Bonchev–Trinajstić information content (AvgIpc) is 3.30. The van der Waals surface area contributed by atoms with E-state index >= 15 is 0 Å². The van der Waals surface area contributed by atoms with Crippen LogP contribution in [0.3, 0.4) is 0 Å². The number of ether oxygens (including phenoxy) is 1. The molecule has 148 valence electrons. The van der Waals surface area contributed by atoms with Crippen molar-refractivity contribution in [2.45, 2.75) is 33.0 Å². The van der Waals surface area contributed by atoms with Gasteiger partial charge in [0.05, 0.1) is 23.6 Å². The van der Waals surface area contributed by atoms with Crippen molar-refractivity contribution in [2.24, 2.45) is 7.05 Å². The number of aliphatic hydroxyl groups excluding tert-OH is 1. The molecule has 1 aliphatic rings. The number of aromatic nitrogens is 4. The Labute approximate surface area is 165 Å². The molecule has 0 spiro atoms. The summed E-state index contributed by atoms with van der Waals surface area (Å²) in [4.78, 5) is 2.36. The minimum atomic E-state index is -0.757. The van der Waals surface area contributed by atoms with Gasteiger partial charge in [0, 0.05) is 32.9 Å². The number of hydrogen-bond acceptors (Lipinski definition) is 5. The quantitative estimate of drug-likeness (QED) is 0.709. The summed E-state index contributed by atoms with van der Waals surface area (Å²) >= 11 is 0. The van der Waals surface area contributed by atoms with Gasteiger partial charge in [-0.05, 0) is 49.2 Å². The maximum atomic E-state index is 10.6. The van der Waals surface area contributed by atoms with E-state index in [0.717, 1.165) is 43.3 Å². The Morgan fingerprint density at radius 2 is 2.00 bits per heavy atom. The summed E-state index contributed by atoms with van der Waals surface area (Å²) in [5.74, 6) is 0.923. The largest absolute Gasteiger partial charge is 0.492 e. The summed E-state index contributed by atoms with van der Waals surface area (Å²) in [6, 6.07) is 10.0. The van der Waals surface area contributed by atoms with Gasteiger partial charge in [-0.1, -0.05) is 6.07 Å². The monoisotopic (exact) mass is 381 g/mol. The van der Waals surface area contributed by atoms with E-state index in [1.54, 1.807) is 10.9 Å². The number of aryl methyl sites for hydroxylation is 3. The van der Waals surface area contributed by atoms with Gasteiger partial charge in [0.2, 0.25) is 0 Å². The van der Waals surface area contributed by atoms with Crippen LogP contribution in [0.2, 0.25) is 0 Å². The number of rotatable bonds is 6. The highest BCUT2D eigenvalue weighted by molar-refractivity contribution is 5.33. The summed E-state index contributed by atoms with van der Waals surface area (Å²) in [6.45, 7) is 8.27. The van der Waals surface area contributed by atoms with Gasteiger partial charge in [-0.2, -0.15) is 10.2 Å². The van der Waals surface area contributed by atoms with Gasteiger partial charge in [-0.3, -0.25) is 14.3 Å². The molecule has 0 amide bonds. The predicted molar refractivity (Wildman–Crippen MR) is 106 cm³/mol. The molecule has 4 rings (SSSR count). The zero-order chi connectivity index (χ0) is 19.7. The predicted octanol–water partition coefficient (Wildman–Crippen LogP) is 2.21. The summed E-state index contributed by atoms with van der Waals surface area (Å²) < 4.78 is 9.60. The van der Waals surface area contributed by atoms with Gasteiger partial charge in [0.1, 0.15) is 18.5 Å². The number of fused-ring (bicyclic) bond motifs is 1. The van der Waals surface area contributed by atoms with Crippen molar-refractivity contribution in [1.29, 1.82) is 0 Å². The molecule has 2 aromatic heterocycles. The lowest BCUT2D eigenvalue weighted by molar-refractivity contribution is 0.171. The Morgan fingerprint density at radius 3 is 2.75 bits per heavy atom. The fraction of sp³-hybridized carbons (Fsp3) is 0.429. The number of benzene rings is 1. The summed E-state index contributed by atoms with van der Waals surface area (Å²) in [7, 11) is 1.83. The molecular formula is C21H27N5O2. The topological polar surface area (TPSA) is 68.3 Å². The van der Waals surface area contributed by atoms with E-state index < -0.39 is 6.10 Å². The Morgan fingerprint density at radius 1 is 1.14 bits per heavy atom. The first-order valence-electron chi connectivity index (χ1n) is 9.66. The van der Waals surface area contributed by atoms with E-state index in [0.29, 0.717) is 12.3 Å². The zero-order valence-corrected chi connectivity index (χ0v) is 16.7. The Bertz CT molecular complexity index is 962. The third-order valence-corrected chi connectivity index (χ3v) is 5.47. The molecule has 28 heavy (non-hydrogen) atoms. The molecule has 7 heteroatoms. The molecule has 1 unspecified atom stereocenters. The van der Waals surface area contributed by atoms with Gasteiger partial charge in [0.25, 0.3) is 0 Å². The van der Waals surface area contributed by atoms with Crippen LogP contribution < -0.4 is 4.74 Å². The van der Waals surface area contributed by atoms with Crippen LogP contribution in [0.25, 0.3) is 0 Å². The molecule has 0 aliphatic carbocycles. The van der Waals surface area contributed by atoms with Crippen LogP contribution in [0, 0.1) is 13.8 Å². The SMILES string of the molecule is Cc1ccc(OCCN2CCn3nc(C(O)c4ccnn4C)cc3C2)cc1C. The van der Waals surface area contributed by atoms with Crippen LogP contribution in [0.5, 0.6) is 5.75 Å². The lowest BCUT2D eigenvalue weighted by atomic mass is 10.1. The Balaban J connectivity index is 1.35. The van der Waals surface area contributed by atoms with Crippen molar-refractivity contribution in [1.82, 2.24) is 24.5 Å². The van der Waals surface area contributed by atoms with Gasteiger partial charge < -0.3 is 9.84 Å². The first-order chi connectivity index (χ1) is 13.5. The van der Waals surface area contributed by atoms with Crippen molar-refractivity contribution in [2.75, 3.05) is 19.7 Å². The van der Waals surface area contributed by atoms with Crippen molar-refractivity contribution in [3.63, 3.8) is 0 Å². The first kappa shape index (κ1) is 18.7. The second kappa shape index (κ2) is 7.77. The molecule has 3 aromatic rings. The lowest BCUT2D eigenvalue weighted by Crippen LogP contribution is -2.36. The fourth-order valence-corrected chi connectivity index (χ4v) is 3.57. The number of hydrogen-bond donors (Lipinski definition) is 1. The van der Waals surface area contributed by atoms with Crippen molar-refractivity contribution in [3.8, 4) is 5.75 Å². The lowest BCUT2D eigenvalue weighted by Gasteiger charge is -2.27. The molecular weight excluding hydrogens is 354 g/mol. The van der Waals surface area contributed by atoms with E-state index in [2.05, 4.69) is 41.1 Å². The molecule has 3 heterocycles. The standard InChI is InChI=1S/C21H27N5O2/c1-15-4-5-18(12-16(15)2)28-11-10-25-8-9-26-17(14-25)13-19(23-26)21(27)20-6-7-22-24(20)3/h4-7,12-13,21,27H,8-11,14H2,1-3H3. The molecule has 1 aromatic carbocycles. The van der Waals surface area contributed by atoms with Gasteiger partial charge in [-0.15, -0.1) is 0 Å². The molecule has 1 N–H and O–H groups in total. The number of nitrogens with zero attached hydrogens (tertiary/aromatic N) is 5. The van der Waals surface area contributed by atoms with Crippen LogP contribution in [-0.4, -0.2) is 49.3 Å². The second-order valence-corrected chi connectivity index (χ2v) is 7.44. The van der Waals surface area contributed by atoms with Crippen LogP contribution in [0.4, 0.5) is 0 Å². The molecule has 0 fully saturated rings. The summed E-state index contributed by atoms with van der Waals surface area (Å²) in [6.07, 6.45) is 0.929. The molecule has 1 aliphatic heterocycles. The van der Waals surface area contributed by atoms with Gasteiger partial charge in [-0.25, -0.2) is 0 Å². The van der Waals surface area contributed by atoms with Gasteiger partial charge in [0.15, 0.2) is 0 Å². The van der Waals surface area contributed by atoms with Crippen LogP contribution in [0.1, 0.15) is 34.3 Å². The molecule has 7 nitrogen and oxygen atoms in total. The van der Waals surface area contributed by atoms with Crippen molar-refractivity contribution < 1.29 is 9.84 Å². The van der Waals surface area contributed by atoms with Gasteiger partial charge >= 0.3 is 0 Å². The summed E-state index contributed by atoms with van der Waals surface area (Å²) in [5, 5.41) is 19.3. The van der Waals surface area contributed by atoms with Crippen LogP contribution in [0.15, 0.2) is 36.5 Å². The molecule has 0 bridgehead atoms. The minimum absolute atomic E-state index is 0.654. The molecule has 1 atom stereocenters. The maximum Gasteiger partial charge on any atom is 0.139 e. The smallest absolute Gasteiger partial charge is 0.139 e. The minimum Gasteiger partial charge on any atom is -0.492 e. The first-order valence-corrected chi connectivity index (χ1v) is 9.66. The van der Waals surface area contributed by atoms with Crippen molar-refractivity contribution >= 4 is 0 Å². The van der Waals surface area contributed by atoms with E-state index in [1.165, 1.54) is 11.1 Å². The molecule has 0 radical (unpaired) electrons. The average molecular weight is 381 g/mol. The van der Waals surface area contributed by atoms with E-state index in [-0.39, 0.29) is 0 Å². The molecule has 0 saturated heterocycles. The highest BCUT2D eigenvalue weighted by Crippen LogP contribution is 2.23. The Kier molecular flexibility index (Phi) is 5.19. The number of aliphatic hydroxyl groups is 1. The third kappa shape index (κ3) is 3.81. The Hall–Kier alpha value is -2.64. The highest BCUT2D eigenvalue weighted by atomic mass is 16.5. The fourth-order valence-electron chi connectivity index (χ4n) is 3.57. The highest BCUT2D eigenvalue weighted by Gasteiger charge is 2.23. The molecule has 0 saturated carbocycles. The summed E-state index contributed by atoms with van der Waals surface area (Å²) in [5.41, 5.74) is 5.06. The van der Waals surface area contributed by atoms with Crippen molar-refractivity contribution in [3.05, 3.63) is 64.7 Å². The van der Waals surface area contributed by atoms with Crippen LogP contribution in [-0.2, 0) is 20.1 Å². The van der Waals surface area contributed by atoms with E-state index in [1.807, 2.05) is 29.9 Å². The third-order valence-electron chi connectivity index (χ3n) is 5.47. The van der Waals surface area contributed by atoms with E-state index in [9.17, 15) is 5.11 Å². The van der Waals surface area contributed by atoms with Crippen LogP contribution >= 0.6 is 0 Å². The maximum absolute atomic E-state index is 10.6.